The van der Waals surface area contributed by atoms with Gasteiger partial charge in [0.1, 0.15) is 5.82 Å². The van der Waals surface area contributed by atoms with E-state index in [0.29, 0.717) is 12.1 Å². The Bertz CT molecular complexity index is 1020. The minimum atomic E-state index is -0.895. The molecule has 7 heteroatoms. The number of para-hydroxylation sites is 1. The summed E-state index contributed by atoms with van der Waals surface area (Å²) in [4.78, 5) is 25.9. The normalized spacial score (nSPS) is 15.6. The van der Waals surface area contributed by atoms with Gasteiger partial charge < -0.3 is 5.11 Å². The Morgan fingerprint density at radius 1 is 1.07 bits per heavy atom. The van der Waals surface area contributed by atoms with Crippen molar-refractivity contribution < 1.29 is 9.90 Å². The minimum Gasteiger partial charge on any atom is -0.478 e. The molecule has 0 unspecified atom stereocenters. The maximum atomic E-state index is 12.3. The molecule has 0 spiro atoms. The molecule has 0 saturated carbocycles. The number of nitrogens with one attached hydrogen (secondary N) is 1. The van der Waals surface area contributed by atoms with E-state index >= 15 is 0 Å². The van der Waals surface area contributed by atoms with Gasteiger partial charge in [0.25, 0.3) is 0 Å². The van der Waals surface area contributed by atoms with E-state index in [1.165, 1.54) is 0 Å². The van der Waals surface area contributed by atoms with Crippen LogP contribution >= 0.6 is 0 Å². The summed E-state index contributed by atoms with van der Waals surface area (Å²) in [5.41, 5.74) is 1.78. The lowest BCUT2D eigenvalue weighted by Gasteiger charge is -2.31. The number of aromatic nitrogens is 3. The van der Waals surface area contributed by atoms with E-state index in [0.717, 1.165) is 43.0 Å². The largest absolute Gasteiger partial charge is 0.478 e. The maximum Gasteiger partial charge on any atom is 0.347 e. The highest BCUT2D eigenvalue weighted by Crippen LogP contribution is 2.28. The van der Waals surface area contributed by atoms with Gasteiger partial charge in [-0.05, 0) is 49.7 Å². The van der Waals surface area contributed by atoms with Gasteiger partial charge in [-0.1, -0.05) is 36.4 Å². The number of likely N-dealkylation sites (tertiary alicyclic amines) is 1. The summed E-state index contributed by atoms with van der Waals surface area (Å²) in [6, 6.07) is 16.7. The number of carboxylic acids is 1. The third kappa shape index (κ3) is 3.61. The van der Waals surface area contributed by atoms with Gasteiger partial charge in [0.2, 0.25) is 0 Å². The van der Waals surface area contributed by atoms with Crippen LogP contribution in [-0.4, -0.2) is 43.8 Å². The second-order valence-corrected chi connectivity index (χ2v) is 7.07. The summed E-state index contributed by atoms with van der Waals surface area (Å²) >= 11 is 0. The SMILES string of the molecule is O=C(O)c1ccccc1CN1CCC(c2n[nH]c(=O)n2-c2ccccc2)CC1. The molecule has 0 atom stereocenters. The molecule has 0 aliphatic carbocycles. The molecule has 2 N–H and O–H groups in total. The average Bonchev–Trinajstić information content (AvgIpc) is 3.11. The van der Waals surface area contributed by atoms with Crippen molar-refractivity contribution in [3.8, 4) is 5.69 Å². The Hall–Kier alpha value is -3.19. The van der Waals surface area contributed by atoms with Crippen LogP contribution in [0.1, 0.15) is 40.5 Å². The van der Waals surface area contributed by atoms with E-state index in [1.807, 2.05) is 42.5 Å². The number of carbonyl (C=O) groups is 1. The van der Waals surface area contributed by atoms with Crippen molar-refractivity contribution >= 4 is 5.97 Å². The molecular weight excluding hydrogens is 356 g/mol. The second-order valence-electron chi connectivity index (χ2n) is 7.07. The molecule has 1 aliphatic rings. The number of aromatic amines is 1. The van der Waals surface area contributed by atoms with Crippen LogP contribution in [0.3, 0.4) is 0 Å². The van der Waals surface area contributed by atoms with E-state index in [-0.39, 0.29) is 11.6 Å². The van der Waals surface area contributed by atoms with Crippen LogP contribution in [0.25, 0.3) is 5.69 Å². The number of H-pyrrole nitrogens is 1. The number of hydrogen-bond acceptors (Lipinski definition) is 4. The van der Waals surface area contributed by atoms with Gasteiger partial charge in [0, 0.05) is 12.5 Å². The lowest BCUT2D eigenvalue weighted by Crippen LogP contribution is -2.34. The molecular formula is C21H22N4O3. The van der Waals surface area contributed by atoms with Gasteiger partial charge in [-0.25, -0.2) is 19.3 Å². The van der Waals surface area contributed by atoms with E-state index in [9.17, 15) is 14.7 Å². The standard InChI is InChI=1S/C21H22N4O3/c26-20(27)18-9-5-4-6-16(18)14-24-12-10-15(11-13-24)19-22-23-21(28)25(19)17-7-2-1-3-8-17/h1-9,15H,10-14H2,(H,23,28)(H,26,27). The first-order valence-corrected chi connectivity index (χ1v) is 9.40. The lowest BCUT2D eigenvalue weighted by atomic mass is 9.95. The van der Waals surface area contributed by atoms with Gasteiger partial charge in [-0.2, -0.15) is 5.10 Å². The molecule has 144 valence electrons. The van der Waals surface area contributed by atoms with Crippen molar-refractivity contribution in [3.05, 3.63) is 82.0 Å². The van der Waals surface area contributed by atoms with Gasteiger partial charge >= 0.3 is 11.7 Å². The molecule has 2 aromatic carbocycles. The summed E-state index contributed by atoms with van der Waals surface area (Å²) in [5, 5.41) is 16.2. The van der Waals surface area contributed by atoms with E-state index in [4.69, 9.17) is 0 Å². The summed E-state index contributed by atoms with van der Waals surface area (Å²) in [7, 11) is 0. The van der Waals surface area contributed by atoms with Gasteiger partial charge in [-0.3, -0.25) is 4.90 Å². The first-order valence-electron chi connectivity index (χ1n) is 9.40. The third-order valence-corrected chi connectivity index (χ3v) is 5.31. The second kappa shape index (κ2) is 7.82. The van der Waals surface area contributed by atoms with Crippen LogP contribution in [0, 0.1) is 0 Å². The smallest absolute Gasteiger partial charge is 0.347 e. The molecule has 0 radical (unpaired) electrons. The number of carboxylic acid groups (broad SMARTS) is 1. The number of rotatable bonds is 5. The molecule has 1 fully saturated rings. The topological polar surface area (TPSA) is 91.2 Å². The van der Waals surface area contributed by atoms with Gasteiger partial charge in [-0.15, -0.1) is 0 Å². The molecule has 3 aromatic rings. The molecule has 2 heterocycles. The molecule has 7 nitrogen and oxygen atoms in total. The minimum absolute atomic E-state index is 0.185. The zero-order valence-corrected chi connectivity index (χ0v) is 15.4. The highest BCUT2D eigenvalue weighted by molar-refractivity contribution is 5.89. The van der Waals surface area contributed by atoms with Crippen LogP contribution in [0.2, 0.25) is 0 Å². The molecule has 1 saturated heterocycles. The molecule has 1 aromatic heterocycles. The predicted molar refractivity (Wildman–Crippen MR) is 105 cm³/mol. The predicted octanol–water partition coefficient (Wildman–Crippen LogP) is 2.64. The van der Waals surface area contributed by atoms with Crippen LogP contribution in [0.4, 0.5) is 0 Å². The molecule has 0 amide bonds. The number of piperidine rings is 1. The van der Waals surface area contributed by atoms with Crippen molar-refractivity contribution in [2.45, 2.75) is 25.3 Å². The fourth-order valence-electron chi connectivity index (χ4n) is 3.87. The highest BCUT2D eigenvalue weighted by atomic mass is 16.4. The van der Waals surface area contributed by atoms with Crippen molar-refractivity contribution in [2.24, 2.45) is 0 Å². The van der Waals surface area contributed by atoms with E-state index < -0.39 is 5.97 Å². The average molecular weight is 378 g/mol. The molecule has 1 aliphatic heterocycles. The monoisotopic (exact) mass is 378 g/mol. The van der Waals surface area contributed by atoms with E-state index in [1.54, 1.807) is 16.7 Å². The van der Waals surface area contributed by atoms with Crippen LogP contribution in [0.15, 0.2) is 59.4 Å². The Balaban J connectivity index is 1.48. The van der Waals surface area contributed by atoms with Crippen molar-refractivity contribution in [1.82, 2.24) is 19.7 Å². The Morgan fingerprint density at radius 3 is 2.46 bits per heavy atom. The van der Waals surface area contributed by atoms with Gasteiger partial charge in [0.05, 0.1) is 11.3 Å². The Kier molecular flexibility index (Phi) is 5.08. The zero-order valence-electron chi connectivity index (χ0n) is 15.4. The lowest BCUT2D eigenvalue weighted by molar-refractivity contribution is 0.0694. The van der Waals surface area contributed by atoms with Crippen LogP contribution in [0.5, 0.6) is 0 Å². The maximum absolute atomic E-state index is 12.3. The number of hydrogen-bond donors (Lipinski definition) is 2. The fraction of sp³-hybridized carbons (Fsp3) is 0.286. The van der Waals surface area contributed by atoms with Crippen LogP contribution in [-0.2, 0) is 6.54 Å². The summed E-state index contributed by atoms with van der Waals surface area (Å²) < 4.78 is 1.65. The third-order valence-electron chi connectivity index (χ3n) is 5.31. The molecule has 0 bridgehead atoms. The Labute approximate surface area is 162 Å². The summed E-state index contributed by atoms with van der Waals surface area (Å²) in [6.45, 7) is 2.27. The van der Waals surface area contributed by atoms with Crippen molar-refractivity contribution in [3.63, 3.8) is 0 Å². The summed E-state index contributed by atoms with van der Waals surface area (Å²) in [5.74, 6) is 0.0563. The molecule has 4 rings (SSSR count). The first-order chi connectivity index (χ1) is 13.6. The highest BCUT2D eigenvalue weighted by Gasteiger charge is 2.26. The summed E-state index contributed by atoms with van der Waals surface area (Å²) in [6.07, 6.45) is 1.73. The fourth-order valence-corrected chi connectivity index (χ4v) is 3.87. The van der Waals surface area contributed by atoms with Crippen molar-refractivity contribution in [1.29, 1.82) is 0 Å². The first kappa shape index (κ1) is 18.2. The number of benzene rings is 2. The Morgan fingerprint density at radius 2 is 1.75 bits per heavy atom. The number of aromatic carboxylic acids is 1. The number of nitrogens with zero attached hydrogens (tertiary/aromatic N) is 3. The zero-order chi connectivity index (χ0) is 19.5. The van der Waals surface area contributed by atoms with Gasteiger partial charge in [0.15, 0.2) is 0 Å². The van der Waals surface area contributed by atoms with E-state index in [2.05, 4.69) is 15.1 Å². The van der Waals surface area contributed by atoms with Crippen LogP contribution < -0.4 is 5.69 Å². The quantitative estimate of drug-likeness (QED) is 0.712. The molecule has 28 heavy (non-hydrogen) atoms. The van der Waals surface area contributed by atoms with Crippen molar-refractivity contribution in [2.75, 3.05) is 13.1 Å².